The third-order valence-electron chi connectivity index (χ3n) is 3.41. The maximum atomic E-state index is 13.0. The van der Waals surface area contributed by atoms with Crippen LogP contribution in [0.2, 0.25) is 0 Å². The Morgan fingerprint density at radius 3 is 2.04 bits per heavy atom. The minimum Gasteiger partial charge on any atom is -0.277 e. The highest BCUT2D eigenvalue weighted by Gasteiger charge is 2.16. The van der Waals surface area contributed by atoms with Crippen LogP contribution >= 0.6 is 0 Å². The second kappa shape index (κ2) is 6.91. The van der Waals surface area contributed by atoms with Gasteiger partial charge in [0.25, 0.3) is 11.8 Å². The summed E-state index contributed by atoms with van der Waals surface area (Å²) in [6.45, 7) is 0. The summed E-state index contributed by atoms with van der Waals surface area (Å²) in [5.41, 5.74) is 5.79. The van der Waals surface area contributed by atoms with Gasteiger partial charge >= 0.3 is 0 Å². The molecular formula is C17H12F2N4O2. The Kier molecular flexibility index (Phi) is 4.51. The Morgan fingerprint density at radius 1 is 0.840 bits per heavy atom. The summed E-state index contributed by atoms with van der Waals surface area (Å²) in [4.78, 5) is 24.1. The monoisotopic (exact) mass is 342 g/mol. The highest BCUT2D eigenvalue weighted by Crippen LogP contribution is 2.21. The number of carbonyl (C=O) groups is 2. The average Bonchev–Trinajstić information content (AvgIpc) is 3.10. The third-order valence-corrected chi connectivity index (χ3v) is 3.41. The van der Waals surface area contributed by atoms with Crippen LogP contribution in [0.25, 0.3) is 11.3 Å². The molecule has 0 bridgehead atoms. The van der Waals surface area contributed by atoms with Gasteiger partial charge in [-0.3, -0.25) is 25.5 Å². The lowest BCUT2D eigenvalue weighted by Gasteiger charge is -2.08. The van der Waals surface area contributed by atoms with Gasteiger partial charge in [-0.1, -0.05) is 0 Å². The van der Waals surface area contributed by atoms with Crippen molar-refractivity contribution >= 4 is 11.8 Å². The van der Waals surface area contributed by atoms with E-state index in [-0.39, 0.29) is 11.1 Å². The lowest BCUT2D eigenvalue weighted by atomic mass is 10.1. The number of hydrogen-bond acceptors (Lipinski definition) is 3. The molecule has 0 radical (unpaired) electrons. The van der Waals surface area contributed by atoms with Crippen LogP contribution in [-0.4, -0.2) is 22.0 Å². The van der Waals surface area contributed by atoms with E-state index >= 15 is 0 Å². The fourth-order valence-corrected chi connectivity index (χ4v) is 2.15. The SMILES string of the molecule is O=C(NNC(=O)c1cn[nH]c1-c1ccc(F)cc1)c1ccc(F)cc1. The van der Waals surface area contributed by atoms with E-state index in [1.54, 1.807) is 0 Å². The van der Waals surface area contributed by atoms with Crippen LogP contribution in [0.3, 0.4) is 0 Å². The molecule has 0 saturated heterocycles. The maximum absolute atomic E-state index is 13.0. The minimum atomic E-state index is -0.608. The number of amides is 2. The Bertz CT molecular complexity index is 905. The van der Waals surface area contributed by atoms with Crippen LogP contribution in [0.5, 0.6) is 0 Å². The number of aromatic nitrogens is 2. The first kappa shape index (κ1) is 16.3. The van der Waals surface area contributed by atoms with E-state index in [2.05, 4.69) is 21.0 Å². The van der Waals surface area contributed by atoms with Crippen molar-refractivity contribution in [3.63, 3.8) is 0 Å². The number of H-pyrrole nitrogens is 1. The quantitative estimate of drug-likeness (QED) is 0.639. The summed E-state index contributed by atoms with van der Waals surface area (Å²) in [5, 5.41) is 6.46. The van der Waals surface area contributed by atoms with Gasteiger partial charge in [0, 0.05) is 11.1 Å². The predicted octanol–water partition coefficient (Wildman–Crippen LogP) is 2.43. The fourth-order valence-electron chi connectivity index (χ4n) is 2.15. The zero-order valence-electron chi connectivity index (χ0n) is 12.7. The number of aromatic amines is 1. The predicted molar refractivity (Wildman–Crippen MR) is 85.3 cm³/mol. The van der Waals surface area contributed by atoms with E-state index in [0.717, 1.165) is 12.1 Å². The lowest BCUT2D eigenvalue weighted by Crippen LogP contribution is -2.41. The summed E-state index contributed by atoms with van der Waals surface area (Å²) in [5.74, 6) is -2.08. The Morgan fingerprint density at radius 2 is 1.40 bits per heavy atom. The molecule has 25 heavy (non-hydrogen) atoms. The minimum absolute atomic E-state index is 0.172. The molecule has 0 aliphatic rings. The van der Waals surface area contributed by atoms with E-state index in [1.165, 1.54) is 42.6 Å². The molecule has 6 nitrogen and oxygen atoms in total. The Balaban J connectivity index is 1.70. The number of nitrogens with zero attached hydrogens (tertiary/aromatic N) is 1. The molecule has 0 saturated carbocycles. The second-order valence-electron chi connectivity index (χ2n) is 5.08. The van der Waals surface area contributed by atoms with Crippen LogP contribution in [0.1, 0.15) is 20.7 Å². The highest BCUT2D eigenvalue weighted by atomic mass is 19.1. The Hall–Kier alpha value is -3.55. The fraction of sp³-hybridized carbons (Fsp3) is 0. The van der Waals surface area contributed by atoms with Crippen molar-refractivity contribution in [2.75, 3.05) is 0 Å². The number of carbonyl (C=O) groups excluding carboxylic acids is 2. The summed E-state index contributed by atoms with van der Waals surface area (Å²) in [7, 11) is 0. The van der Waals surface area contributed by atoms with Crippen molar-refractivity contribution in [2.45, 2.75) is 0 Å². The number of benzene rings is 2. The molecule has 1 aromatic heterocycles. The molecule has 3 rings (SSSR count). The van der Waals surface area contributed by atoms with Crippen molar-refractivity contribution in [3.8, 4) is 11.3 Å². The molecule has 3 N–H and O–H groups in total. The van der Waals surface area contributed by atoms with Gasteiger partial charge in [0.1, 0.15) is 11.6 Å². The zero-order valence-corrected chi connectivity index (χ0v) is 12.7. The number of rotatable bonds is 3. The van der Waals surface area contributed by atoms with Gasteiger partial charge in [0.2, 0.25) is 0 Å². The van der Waals surface area contributed by atoms with Gasteiger partial charge in [-0.2, -0.15) is 5.10 Å². The first-order chi connectivity index (χ1) is 12.0. The topological polar surface area (TPSA) is 86.9 Å². The number of nitrogens with one attached hydrogen (secondary N) is 3. The van der Waals surface area contributed by atoms with E-state index < -0.39 is 23.4 Å². The van der Waals surface area contributed by atoms with E-state index in [1.807, 2.05) is 0 Å². The van der Waals surface area contributed by atoms with E-state index in [4.69, 9.17) is 0 Å². The van der Waals surface area contributed by atoms with Crippen LogP contribution in [-0.2, 0) is 0 Å². The van der Waals surface area contributed by atoms with Gasteiger partial charge in [-0.25, -0.2) is 8.78 Å². The third kappa shape index (κ3) is 3.69. The van der Waals surface area contributed by atoms with Gasteiger partial charge in [0.15, 0.2) is 0 Å². The molecule has 1 heterocycles. The standard InChI is InChI=1S/C17H12F2N4O2/c18-12-5-1-10(2-6-12)15-14(9-20-21-15)17(25)23-22-16(24)11-3-7-13(19)8-4-11/h1-9H,(H,20,21)(H,22,24)(H,23,25). The molecule has 2 aromatic carbocycles. The summed E-state index contributed by atoms with van der Waals surface area (Å²) >= 11 is 0. The number of hydrazine groups is 1. The number of halogens is 2. The Labute approximate surface area is 140 Å². The van der Waals surface area contributed by atoms with Gasteiger partial charge in [-0.15, -0.1) is 0 Å². The average molecular weight is 342 g/mol. The summed E-state index contributed by atoms with van der Waals surface area (Å²) in [6, 6.07) is 10.4. The van der Waals surface area contributed by atoms with Crippen molar-refractivity contribution < 1.29 is 18.4 Å². The molecule has 126 valence electrons. The zero-order chi connectivity index (χ0) is 17.8. The molecule has 0 atom stereocenters. The first-order valence-corrected chi connectivity index (χ1v) is 7.20. The van der Waals surface area contributed by atoms with Crippen LogP contribution in [0.15, 0.2) is 54.7 Å². The molecule has 2 amide bonds. The second-order valence-corrected chi connectivity index (χ2v) is 5.08. The largest absolute Gasteiger partial charge is 0.277 e. The molecule has 0 unspecified atom stereocenters. The van der Waals surface area contributed by atoms with Gasteiger partial charge in [-0.05, 0) is 48.5 Å². The van der Waals surface area contributed by atoms with E-state index in [9.17, 15) is 18.4 Å². The van der Waals surface area contributed by atoms with Crippen molar-refractivity contribution in [2.24, 2.45) is 0 Å². The molecular weight excluding hydrogens is 330 g/mol. The molecule has 0 spiro atoms. The molecule has 0 aliphatic carbocycles. The highest BCUT2D eigenvalue weighted by molar-refractivity contribution is 6.02. The molecule has 3 aromatic rings. The van der Waals surface area contributed by atoms with Gasteiger partial charge < -0.3 is 0 Å². The van der Waals surface area contributed by atoms with Gasteiger partial charge in [0.05, 0.1) is 17.5 Å². The van der Waals surface area contributed by atoms with Crippen molar-refractivity contribution in [3.05, 3.63) is 77.5 Å². The van der Waals surface area contributed by atoms with Crippen molar-refractivity contribution in [1.82, 2.24) is 21.0 Å². The normalized spacial score (nSPS) is 10.3. The van der Waals surface area contributed by atoms with E-state index in [0.29, 0.717) is 11.3 Å². The molecule has 0 aliphatic heterocycles. The van der Waals surface area contributed by atoms with Crippen LogP contribution < -0.4 is 10.9 Å². The summed E-state index contributed by atoms with van der Waals surface area (Å²) < 4.78 is 25.9. The van der Waals surface area contributed by atoms with Crippen LogP contribution in [0.4, 0.5) is 8.78 Å². The molecule has 8 heteroatoms. The summed E-state index contributed by atoms with van der Waals surface area (Å²) in [6.07, 6.45) is 1.29. The first-order valence-electron chi connectivity index (χ1n) is 7.20. The molecule has 0 fully saturated rings. The number of hydrogen-bond donors (Lipinski definition) is 3. The van der Waals surface area contributed by atoms with Crippen LogP contribution in [0, 0.1) is 11.6 Å². The van der Waals surface area contributed by atoms with Crippen molar-refractivity contribution in [1.29, 1.82) is 0 Å². The maximum Gasteiger partial charge on any atom is 0.273 e. The lowest BCUT2D eigenvalue weighted by molar-refractivity contribution is 0.0847. The smallest absolute Gasteiger partial charge is 0.273 e.